The van der Waals surface area contributed by atoms with E-state index in [1.165, 1.54) is 11.9 Å². The number of nitrogens with zero attached hydrogens (tertiary/aromatic N) is 2. The standard InChI is InChI=1S/C10H10N4O2/c1-14(10(16)9(11)15)6-2-3-7-8(4-6)13-5-12-7/h2-5H,1H3,(H2,11,15)(H,12,13). The van der Waals surface area contributed by atoms with E-state index >= 15 is 0 Å². The summed E-state index contributed by atoms with van der Waals surface area (Å²) >= 11 is 0. The Kier molecular flexibility index (Phi) is 2.32. The highest BCUT2D eigenvalue weighted by Crippen LogP contribution is 2.18. The molecule has 1 aromatic heterocycles. The average molecular weight is 218 g/mol. The van der Waals surface area contributed by atoms with Crippen molar-refractivity contribution in [1.29, 1.82) is 0 Å². The number of primary amides is 1. The fraction of sp³-hybridized carbons (Fsp3) is 0.100. The summed E-state index contributed by atoms with van der Waals surface area (Å²) in [5.74, 6) is -1.73. The number of hydrogen-bond acceptors (Lipinski definition) is 3. The number of fused-ring (bicyclic) bond motifs is 1. The summed E-state index contributed by atoms with van der Waals surface area (Å²) in [5, 5.41) is 0. The van der Waals surface area contributed by atoms with Crippen molar-refractivity contribution in [3.63, 3.8) is 0 Å². The molecule has 0 fully saturated rings. The summed E-state index contributed by atoms with van der Waals surface area (Å²) in [6, 6.07) is 5.18. The van der Waals surface area contributed by atoms with Crippen LogP contribution in [-0.4, -0.2) is 28.8 Å². The van der Waals surface area contributed by atoms with Crippen molar-refractivity contribution in [3.8, 4) is 0 Å². The third-order valence-corrected chi connectivity index (χ3v) is 2.31. The van der Waals surface area contributed by atoms with Gasteiger partial charge in [0, 0.05) is 12.7 Å². The highest BCUT2D eigenvalue weighted by Gasteiger charge is 2.16. The number of aromatic nitrogens is 2. The molecule has 0 saturated heterocycles. The molecule has 0 aliphatic rings. The fourth-order valence-corrected chi connectivity index (χ4v) is 1.41. The first-order valence-corrected chi connectivity index (χ1v) is 4.60. The van der Waals surface area contributed by atoms with Crippen LogP contribution in [0.15, 0.2) is 24.5 Å². The first-order valence-electron chi connectivity index (χ1n) is 4.60. The normalized spacial score (nSPS) is 10.3. The van der Waals surface area contributed by atoms with Crippen LogP contribution < -0.4 is 10.6 Å². The Balaban J connectivity index is 2.39. The maximum absolute atomic E-state index is 11.3. The van der Waals surface area contributed by atoms with Gasteiger partial charge in [-0.3, -0.25) is 9.59 Å². The van der Waals surface area contributed by atoms with E-state index in [1.54, 1.807) is 24.5 Å². The predicted molar refractivity (Wildman–Crippen MR) is 58.7 cm³/mol. The van der Waals surface area contributed by atoms with E-state index in [4.69, 9.17) is 5.73 Å². The maximum atomic E-state index is 11.3. The van der Waals surface area contributed by atoms with Gasteiger partial charge in [-0.25, -0.2) is 4.98 Å². The number of carbonyl (C=O) groups is 2. The molecule has 1 aromatic carbocycles. The Morgan fingerprint density at radius 3 is 2.88 bits per heavy atom. The second kappa shape index (κ2) is 3.65. The van der Waals surface area contributed by atoms with E-state index in [-0.39, 0.29) is 0 Å². The van der Waals surface area contributed by atoms with E-state index < -0.39 is 11.8 Å². The van der Waals surface area contributed by atoms with E-state index in [0.717, 1.165) is 11.0 Å². The van der Waals surface area contributed by atoms with Crippen LogP contribution in [0.5, 0.6) is 0 Å². The molecule has 1 heterocycles. The number of amides is 2. The molecule has 0 radical (unpaired) electrons. The lowest BCUT2D eigenvalue weighted by Gasteiger charge is -2.14. The van der Waals surface area contributed by atoms with Crippen LogP contribution in [0.2, 0.25) is 0 Å². The Hall–Kier alpha value is -2.37. The summed E-state index contributed by atoms with van der Waals surface area (Å²) in [6.45, 7) is 0. The van der Waals surface area contributed by atoms with Gasteiger partial charge in [0.2, 0.25) is 0 Å². The topological polar surface area (TPSA) is 92.1 Å². The lowest BCUT2D eigenvalue weighted by atomic mass is 10.2. The Morgan fingerprint density at radius 1 is 1.44 bits per heavy atom. The number of anilines is 1. The van der Waals surface area contributed by atoms with Gasteiger partial charge in [-0.1, -0.05) is 0 Å². The second-order valence-electron chi connectivity index (χ2n) is 3.33. The van der Waals surface area contributed by atoms with Gasteiger partial charge in [0.25, 0.3) is 0 Å². The van der Waals surface area contributed by atoms with Crippen LogP contribution in [0.25, 0.3) is 11.0 Å². The predicted octanol–water partition coefficient (Wildman–Crippen LogP) is 0.0110. The molecule has 0 spiro atoms. The van der Waals surface area contributed by atoms with Crippen molar-refractivity contribution in [3.05, 3.63) is 24.5 Å². The maximum Gasteiger partial charge on any atom is 0.315 e. The highest BCUT2D eigenvalue weighted by atomic mass is 16.2. The van der Waals surface area contributed by atoms with Gasteiger partial charge in [0.1, 0.15) is 0 Å². The second-order valence-corrected chi connectivity index (χ2v) is 3.33. The zero-order valence-electron chi connectivity index (χ0n) is 8.60. The molecule has 0 saturated carbocycles. The number of hydrogen-bond donors (Lipinski definition) is 2. The smallest absolute Gasteiger partial charge is 0.315 e. The van der Waals surface area contributed by atoms with Crippen LogP contribution in [0, 0.1) is 0 Å². The van der Waals surface area contributed by atoms with Gasteiger partial charge in [0.05, 0.1) is 17.4 Å². The van der Waals surface area contributed by atoms with Crippen LogP contribution in [-0.2, 0) is 9.59 Å². The van der Waals surface area contributed by atoms with Crippen LogP contribution in [0.4, 0.5) is 5.69 Å². The number of nitrogens with one attached hydrogen (secondary N) is 1. The molecule has 2 amide bonds. The third kappa shape index (κ3) is 1.60. The molecule has 0 aliphatic carbocycles. The zero-order chi connectivity index (χ0) is 11.7. The van der Waals surface area contributed by atoms with Crippen LogP contribution in [0.1, 0.15) is 0 Å². The van der Waals surface area contributed by atoms with Gasteiger partial charge in [-0.2, -0.15) is 0 Å². The van der Waals surface area contributed by atoms with Gasteiger partial charge in [0.15, 0.2) is 0 Å². The van der Waals surface area contributed by atoms with Gasteiger partial charge in [-0.15, -0.1) is 0 Å². The van der Waals surface area contributed by atoms with Crippen molar-refractivity contribution >= 4 is 28.5 Å². The lowest BCUT2D eigenvalue weighted by molar-refractivity contribution is -0.135. The number of nitrogens with two attached hydrogens (primary N) is 1. The number of H-pyrrole nitrogens is 1. The number of carbonyl (C=O) groups excluding carboxylic acids is 2. The van der Waals surface area contributed by atoms with E-state index in [9.17, 15) is 9.59 Å². The molecule has 6 nitrogen and oxygen atoms in total. The molecule has 3 N–H and O–H groups in total. The molecule has 0 aliphatic heterocycles. The summed E-state index contributed by atoms with van der Waals surface area (Å²) in [6.07, 6.45) is 1.56. The zero-order valence-corrected chi connectivity index (χ0v) is 8.60. The minimum Gasteiger partial charge on any atom is -0.361 e. The summed E-state index contributed by atoms with van der Waals surface area (Å²) < 4.78 is 0. The Morgan fingerprint density at radius 2 is 2.19 bits per heavy atom. The van der Waals surface area contributed by atoms with E-state index in [1.807, 2.05) is 0 Å². The molecule has 0 atom stereocenters. The first kappa shape index (κ1) is 10.2. The molecule has 0 unspecified atom stereocenters. The van der Waals surface area contributed by atoms with E-state index in [0.29, 0.717) is 5.69 Å². The highest BCUT2D eigenvalue weighted by molar-refractivity contribution is 6.39. The minimum atomic E-state index is -0.979. The largest absolute Gasteiger partial charge is 0.361 e. The van der Waals surface area contributed by atoms with Crippen LogP contribution in [0.3, 0.4) is 0 Å². The molecule has 6 heteroatoms. The van der Waals surface area contributed by atoms with Crippen molar-refractivity contribution in [2.24, 2.45) is 5.73 Å². The van der Waals surface area contributed by atoms with Crippen molar-refractivity contribution < 1.29 is 9.59 Å². The Bertz CT molecular complexity index is 561. The molecule has 16 heavy (non-hydrogen) atoms. The minimum absolute atomic E-state index is 0.584. The van der Waals surface area contributed by atoms with Crippen molar-refractivity contribution in [2.75, 3.05) is 11.9 Å². The number of rotatable bonds is 1. The average Bonchev–Trinajstić information content (AvgIpc) is 2.73. The fourth-order valence-electron chi connectivity index (χ4n) is 1.41. The monoisotopic (exact) mass is 218 g/mol. The molecule has 0 bridgehead atoms. The van der Waals surface area contributed by atoms with Crippen molar-refractivity contribution in [1.82, 2.24) is 9.97 Å². The van der Waals surface area contributed by atoms with Gasteiger partial charge >= 0.3 is 11.8 Å². The van der Waals surface area contributed by atoms with E-state index in [2.05, 4.69) is 9.97 Å². The quantitative estimate of drug-likeness (QED) is 0.660. The number of imidazole rings is 1. The summed E-state index contributed by atoms with van der Waals surface area (Å²) in [7, 11) is 1.49. The molecule has 82 valence electrons. The first-order chi connectivity index (χ1) is 7.59. The summed E-state index contributed by atoms with van der Waals surface area (Å²) in [5.41, 5.74) is 7.09. The number of likely N-dealkylation sites (N-methyl/N-ethyl adjacent to an activating group) is 1. The van der Waals surface area contributed by atoms with Crippen molar-refractivity contribution in [2.45, 2.75) is 0 Å². The Labute approximate surface area is 91.1 Å². The summed E-state index contributed by atoms with van der Waals surface area (Å²) in [4.78, 5) is 30.2. The molecule has 2 aromatic rings. The molecular formula is C10H10N4O2. The third-order valence-electron chi connectivity index (χ3n) is 2.31. The SMILES string of the molecule is CN(C(=O)C(N)=O)c1ccc2nc[nH]c2c1. The van der Waals surface area contributed by atoms with Gasteiger partial charge in [-0.05, 0) is 18.2 Å². The number of benzene rings is 1. The van der Waals surface area contributed by atoms with Crippen LogP contribution >= 0.6 is 0 Å². The lowest BCUT2D eigenvalue weighted by Crippen LogP contribution is -2.37. The number of aromatic amines is 1. The molecule has 2 rings (SSSR count). The van der Waals surface area contributed by atoms with Gasteiger partial charge < -0.3 is 15.6 Å². The molecular weight excluding hydrogens is 208 g/mol.